The fourth-order valence-electron chi connectivity index (χ4n) is 3.74. The topological polar surface area (TPSA) is 96.0 Å². The molecule has 0 saturated heterocycles. The number of hydrogen-bond acceptors (Lipinski definition) is 5. The van der Waals surface area contributed by atoms with Crippen molar-refractivity contribution in [1.29, 1.82) is 0 Å². The minimum Gasteiger partial charge on any atom is -0.497 e. The summed E-state index contributed by atoms with van der Waals surface area (Å²) in [6.45, 7) is 4.32. The number of rotatable bonds is 14. The lowest BCUT2D eigenvalue weighted by atomic mass is 10.1. The largest absolute Gasteiger partial charge is 0.497 e. The summed E-state index contributed by atoms with van der Waals surface area (Å²) in [6.07, 6.45) is 3.12. The predicted octanol–water partition coefficient (Wildman–Crippen LogP) is 4.88. The van der Waals surface area contributed by atoms with Crippen molar-refractivity contribution in [3.63, 3.8) is 0 Å². The van der Waals surface area contributed by atoms with Crippen LogP contribution in [-0.4, -0.2) is 57.6 Å². The lowest BCUT2D eigenvalue weighted by Crippen LogP contribution is -2.48. The zero-order valence-corrected chi connectivity index (χ0v) is 24.0. The molecule has 2 rings (SSSR count). The lowest BCUT2D eigenvalue weighted by molar-refractivity contribution is -0.140. The fraction of sp³-hybridized carbons (Fsp3) is 0.462. The first-order valence-corrected chi connectivity index (χ1v) is 14.7. The molecule has 11 heteroatoms. The number of nitrogens with one attached hydrogen (secondary N) is 1. The minimum atomic E-state index is -3.61. The van der Waals surface area contributed by atoms with Crippen molar-refractivity contribution >= 4 is 50.7 Å². The molecule has 2 aromatic rings. The molecule has 0 bridgehead atoms. The Morgan fingerprint density at radius 2 is 1.73 bits per heavy atom. The molecule has 37 heavy (non-hydrogen) atoms. The number of nitrogens with zero attached hydrogens (tertiary/aromatic N) is 2. The van der Waals surface area contributed by atoms with Crippen LogP contribution in [0.4, 0.5) is 5.69 Å². The van der Waals surface area contributed by atoms with Crippen LogP contribution in [0.25, 0.3) is 0 Å². The second-order valence-corrected chi connectivity index (χ2v) is 11.4. The van der Waals surface area contributed by atoms with Crippen molar-refractivity contribution in [3.05, 3.63) is 58.1 Å². The maximum atomic E-state index is 13.4. The van der Waals surface area contributed by atoms with Gasteiger partial charge in [0.15, 0.2) is 0 Å². The molecule has 2 amide bonds. The first kappa shape index (κ1) is 30.7. The van der Waals surface area contributed by atoms with E-state index in [2.05, 4.69) is 5.32 Å². The van der Waals surface area contributed by atoms with Gasteiger partial charge in [0.2, 0.25) is 21.8 Å². The number of amides is 2. The summed E-state index contributed by atoms with van der Waals surface area (Å²) in [4.78, 5) is 27.6. The number of sulfonamides is 1. The van der Waals surface area contributed by atoms with Gasteiger partial charge in [0.1, 0.15) is 11.8 Å². The van der Waals surface area contributed by atoms with E-state index in [9.17, 15) is 18.0 Å². The summed E-state index contributed by atoms with van der Waals surface area (Å²) >= 11 is 12.7. The number of hydrogen-bond donors (Lipinski definition) is 1. The van der Waals surface area contributed by atoms with Crippen LogP contribution in [-0.2, 0) is 26.2 Å². The molecule has 1 atom stereocenters. The molecule has 0 heterocycles. The molecule has 204 valence electrons. The molecule has 0 aromatic heterocycles. The van der Waals surface area contributed by atoms with Crippen LogP contribution >= 0.6 is 23.2 Å². The highest BCUT2D eigenvalue weighted by Gasteiger charge is 2.27. The average molecular weight is 573 g/mol. The number of methoxy groups -OCH3 is 1. The number of ether oxygens (including phenoxy) is 1. The van der Waals surface area contributed by atoms with Crippen molar-refractivity contribution in [3.8, 4) is 5.75 Å². The van der Waals surface area contributed by atoms with E-state index in [-0.39, 0.29) is 37.7 Å². The Hall–Kier alpha value is -2.49. The molecule has 0 aliphatic carbocycles. The van der Waals surface area contributed by atoms with Crippen LogP contribution < -0.4 is 14.4 Å². The third-order valence-corrected chi connectivity index (χ3v) is 7.78. The molecule has 0 aliphatic rings. The van der Waals surface area contributed by atoms with E-state index in [0.717, 1.165) is 19.1 Å². The Morgan fingerprint density at radius 3 is 2.32 bits per heavy atom. The monoisotopic (exact) mass is 571 g/mol. The smallest absolute Gasteiger partial charge is 0.242 e. The molecule has 1 N–H and O–H groups in total. The van der Waals surface area contributed by atoms with Crippen molar-refractivity contribution in [2.45, 2.75) is 52.1 Å². The lowest BCUT2D eigenvalue weighted by Gasteiger charge is -2.30. The maximum Gasteiger partial charge on any atom is 0.242 e. The molecule has 2 aromatic carbocycles. The first-order valence-electron chi connectivity index (χ1n) is 12.1. The van der Waals surface area contributed by atoms with E-state index in [1.165, 1.54) is 16.3 Å². The van der Waals surface area contributed by atoms with E-state index in [1.54, 1.807) is 49.4 Å². The third-order valence-electron chi connectivity index (χ3n) is 5.88. The summed E-state index contributed by atoms with van der Waals surface area (Å²) in [6, 6.07) is 11.0. The highest BCUT2D eigenvalue weighted by atomic mass is 35.5. The summed E-state index contributed by atoms with van der Waals surface area (Å²) in [7, 11) is -2.11. The second-order valence-electron chi connectivity index (χ2n) is 8.68. The SMILES string of the molecule is CCCCNC(=O)C(C)N(Cc1c(Cl)cccc1Cl)C(=O)CCCN(c1cccc(OC)c1)S(C)(=O)=O. The molecule has 0 spiro atoms. The average Bonchev–Trinajstić information content (AvgIpc) is 2.85. The van der Waals surface area contributed by atoms with Crippen LogP contribution in [0.1, 0.15) is 45.1 Å². The van der Waals surface area contributed by atoms with Crippen molar-refractivity contribution < 1.29 is 22.7 Å². The molecule has 0 fully saturated rings. The number of halogens is 2. The standard InChI is InChI=1S/C26H35Cl2N3O5S/c1-5-6-15-29-26(33)19(2)30(18-22-23(27)12-8-13-24(22)28)25(32)14-9-16-31(37(4,34)35)20-10-7-11-21(17-20)36-3/h7-8,10-13,17,19H,5-6,9,14-16,18H2,1-4H3,(H,29,33). The van der Waals surface area contributed by atoms with Gasteiger partial charge in [-0.2, -0.15) is 0 Å². The zero-order valence-electron chi connectivity index (χ0n) is 21.7. The Labute approximate surface area is 229 Å². The van der Waals surface area contributed by atoms with Crippen LogP contribution in [0.5, 0.6) is 5.75 Å². The quantitative estimate of drug-likeness (QED) is 0.326. The van der Waals surface area contributed by atoms with Crippen molar-refractivity contribution in [2.75, 3.05) is 30.8 Å². The van der Waals surface area contributed by atoms with Crippen LogP contribution in [0, 0.1) is 0 Å². The van der Waals surface area contributed by atoms with E-state index in [0.29, 0.717) is 33.6 Å². The summed E-state index contributed by atoms with van der Waals surface area (Å²) < 4.78 is 31.4. The normalized spacial score (nSPS) is 12.1. The molecular weight excluding hydrogens is 537 g/mol. The van der Waals surface area contributed by atoms with Gasteiger partial charge in [-0.15, -0.1) is 0 Å². The Bertz CT molecular complexity index is 1160. The van der Waals surface area contributed by atoms with Crippen LogP contribution in [0.2, 0.25) is 10.0 Å². The van der Waals surface area contributed by atoms with Crippen LogP contribution in [0.3, 0.4) is 0 Å². The highest BCUT2D eigenvalue weighted by Crippen LogP contribution is 2.27. The zero-order chi connectivity index (χ0) is 27.6. The van der Waals surface area contributed by atoms with Gasteiger partial charge in [-0.1, -0.05) is 48.7 Å². The molecule has 0 saturated carbocycles. The van der Waals surface area contributed by atoms with Gasteiger partial charge >= 0.3 is 0 Å². The van der Waals surface area contributed by atoms with Gasteiger partial charge < -0.3 is 15.0 Å². The summed E-state index contributed by atoms with van der Waals surface area (Å²) in [5.74, 6) is -0.0692. The maximum absolute atomic E-state index is 13.4. The summed E-state index contributed by atoms with van der Waals surface area (Å²) in [5, 5.41) is 3.65. The first-order chi connectivity index (χ1) is 17.5. The number of unbranched alkanes of at least 4 members (excludes halogenated alkanes) is 1. The van der Waals surface area contributed by atoms with Gasteiger partial charge in [0.25, 0.3) is 0 Å². The van der Waals surface area contributed by atoms with E-state index >= 15 is 0 Å². The molecular formula is C26H35Cl2N3O5S. The van der Waals surface area contributed by atoms with E-state index < -0.39 is 16.1 Å². The Balaban J connectivity index is 2.21. The number of carbonyl (C=O) groups is 2. The fourth-order valence-corrected chi connectivity index (χ4v) is 5.22. The Kier molecular flexibility index (Phi) is 12.0. The highest BCUT2D eigenvalue weighted by molar-refractivity contribution is 7.92. The van der Waals surface area contributed by atoms with Gasteiger partial charge in [-0.3, -0.25) is 13.9 Å². The van der Waals surface area contributed by atoms with Gasteiger partial charge in [-0.25, -0.2) is 8.42 Å². The number of benzene rings is 2. The number of anilines is 1. The molecule has 0 radical (unpaired) electrons. The summed E-state index contributed by atoms with van der Waals surface area (Å²) in [5.41, 5.74) is 0.985. The van der Waals surface area contributed by atoms with Crippen molar-refractivity contribution in [1.82, 2.24) is 10.2 Å². The van der Waals surface area contributed by atoms with Gasteiger partial charge in [0, 0.05) is 47.7 Å². The molecule has 8 nitrogen and oxygen atoms in total. The number of carbonyl (C=O) groups excluding carboxylic acids is 2. The van der Waals surface area contributed by atoms with E-state index in [4.69, 9.17) is 27.9 Å². The molecule has 0 aliphatic heterocycles. The third kappa shape index (κ3) is 9.09. The van der Waals surface area contributed by atoms with Crippen molar-refractivity contribution in [2.24, 2.45) is 0 Å². The molecule has 1 unspecified atom stereocenters. The van der Waals surface area contributed by atoms with Gasteiger partial charge in [0.05, 0.1) is 19.1 Å². The minimum absolute atomic E-state index is 0.0185. The van der Waals surface area contributed by atoms with E-state index in [1.807, 2.05) is 6.92 Å². The predicted molar refractivity (Wildman–Crippen MR) is 149 cm³/mol. The Morgan fingerprint density at radius 1 is 1.08 bits per heavy atom. The van der Waals surface area contributed by atoms with Crippen LogP contribution in [0.15, 0.2) is 42.5 Å². The second kappa shape index (κ2) is 14.4. The van der Waals surface area contributed by atoms with Gasteiger partial charge in [-0.05, 0) is 44.0 Å².